The van der Waals surface area contributed by atoms with Crippen molar-refractivity contribution < 1.29 is 9.47 Å². The summed E-state index contributed by atoms with van der Waals surface area (Å²) in [5.74, 6) is 2.86. The van der Waals surface area contributed by atoms with E-state index in [0.29, 0.717) is 25.7 Å². The molecule has 0 atom stereocenters. The molecule has 7 nitrogen and oxygen atoms in total. The molecule has 1 aromatic heterocycles. The highest BCUT2D eigenvalue weighted by atomic mass is 16.5. The van der Waals surface area contributed by atoms with Crippen LogP contribution in [0.25, 0.3) is 0 Å². The first kappa shape index (κ1) is 20.0. The van der Waals surface area contributed by atoms with Gasteiger partial charge in [0.05, 0.1) is 18.9 Å². The quantitative estimate of drug-likeness (QED) is 0.633. The van der Waals surface area contributed by atoms with E-state index in [9.17, 15) is 0 Å². The van der Waals surface area contributed by atoms with Gasteiger partial charge in [-0.2, -0.15) is 5.10 Å². The van der Waals surface area contributed by atoms with Gasteiger partial charge in [0.1, 0.15) is 0 Å². The first-order valence-corrected chi connectivity index (χ1v) is 9.81. The summed E-state index contributed by atoms with van der Waals surface area (Å²) in [5.41, 5.74) is 3.41. The molecule has 1 aromatic carbocycles. The van der Waals surface area contributed by atoms with Gasteiger partial charge in [0, 0.05) is 58.0 Å². The normalized spacial score (nSPS) is 14.1. The third-order valence-corrected chi connectivity index (χ3v) is 4.75. The lowest BCUT2D eigenvalue weighted by Gasteiger charge is -2.23. The Labute approximate surface area is 167 Å². The number of nitrogens with one attached hydrogen (secondary N) is 1. The second-order valence-corrected chi connectivity index (χ2v) is 7.42. The van der Waals surface area contributed by atoms with Crippen LogP contribution >= 0.6 is 0 Å². The van der Waals surface area contributed by atoms with Gasteiger partial charge in [0.2, 0.25) is 0 Å². The Morgan fingerprint density at radius 3 is 2.82 bits per heavy atom. The first-order valence-electron chi connectivity index (χ1n) is 9.81. The van der Waals surface area contributed by atoms with Crippen LogP contribution in [0.15, 0.2) is 29.4 Å². The largest absolute Gasteiger partial charge is 0.490 e. The van der Waals surface area contributed by atoms with E-state index >= 15 is 0 Å². The minimum atomic E-state index is 0.386. The molecular weight excluding hydrogens is 354 g/mol. The van der Waals surface area contributed by atoms with Crippen molar-refractivity contribution in [2.24, 2.45) is 12.0 Å². The Balaban J connectivity index is 1.68. The predicted molar refractivity (Wildman–Crippen MR) is 111 cm³/mol. The number of fused-ring (bicyclic) bond motifs is 1. The SMILES string of the molecule is CN=C(NCc1cccc2c1OCCCO2)N(C)Cc1cn(C)nc1C(C)C. The Morgan fingerprint density at radius 2 is 2.07 bits per heavy atom. The Kier molecular flexibility index (Phi) is 6.44. The van der Waals surface area contributed by atoms with Gasteiger partial charge in [-0.3, -0.25) is 9.67 Å². The van der Waals surface area contributed by atoms with Gasteiger partial charge in [0.15, 0.2) is 17.5 Å². The van der Waals surface area contributed by atoms with Crippen molar-refractivity contribution in [1.82, 2.24) is 20.0 Å². The number of para-hydroxylation sites is 1. The second kappa shape index (κ2) is 8.99. The molecule has 3 rings (SSSR count). The van der Waals surface area contributed by atoms with Crippen LogP contribution in [0.4, 0.5) is 0 Å². The molecule has 0 amide bonds. The van der Waals surface area contributed by atoms with Gasteiger partial charge >= 0.3 is 0 Å². The zero-order valence-electron chi connectivity index (χ0n) is 17.5. The third kappa shape index (κ3) is 4.58. The summed E-state index contributed by atoms with van der Waals surface area (Å²) in [6, 6.07) is 6.02. The van der Waals surface area contributed by atoms with Gasteiger partial charge in [-0.1, -0.05) is 26.0 Å². The lowest BCUT2D eigenvalue weighted by atomic mass is 10.1. The van der Waals surface area contributed by atoms with Crippen molar-refractivity contribution in [3.63, 3.8) is 0 Å². The van der Waals surface area contributed by atoms with E-state index in [2.05, 4.69) is 46.4 Å². The molecule has 1 aliphatic heterocycles. The number of aryl methyl sites for hydroxylation is 1. The van der Waals surface area contributed by atoms with Gasteiger partial charge in [0.25, 0.3) is 0 Å². The van der Waals surface area contributed by atoms with E-state index in [1.165, 1.54) is 5.56 Å². The third-order valence-electron chi connectivity index (χ3n) is 4.75. The molecule has 7 heteroatoms. The number of nitrogens with zero attached hydrogens (tertiary/aromatic N) is 4. The van der Waals surface area contributed by atoms with E-state index < -0.39 is 0 Å². The van der Waals surface area contributed by atoms with Crippen LogP contribution in [-0.2, 0) is 20.1 Å². The second-order valence-electron chi connectivity index (χ2n) is 7.42. The molecule has 0 fully saturated rings. The Bertz CT molecular complexity index is 828. The summed E-state index contributed by atoms with van der Waals surface area (Å²) in [6.45, 7) is 7.07. The standard InChI is InChI=1S/C21H31N5O2/c1-15(2)19-17(14-26(5)24-19)13-25(4)21(22-3)23-12-16-8-6-9-18-20(16)28-11-7-10-27-18/h6,8-9,14-15H,7,10-13H2,1-5H3,(H,22,23). The Hall–Kier alpha value is -2.70. The Morgan fingerprint density at radius 1 is 1.29 bits per heavy atom. The summed E-state index contributed by atoms with van der Waals surface area (Å²) >= 11 is 0. The molecule has 0 radical (unpaired) electrons. The van der Waals surface area contributed by atoms with Crippen LogP contribution in [0.3, 0.4) is 0 Å². The van der Waals surface area contributed by atoms with Gasteiger partial charge in [-0.05, 0) is 12.0 Å². The van der Waals surface area contributed by atoms with Crippen LogP contribution in [0.5, 0.6) is 11.5 Å². The fraction of sp³-hybridized carbons (Fsp3) is 0.524. The van der Waals surface area contributed by atoms with Crippen molar-refractivity contribution in [3.8, 4) is 11.5 Å². The molecular formula is C21H31N5O2. The van der Waals surface area contributed by atoms with Crippen LogP contribution in [0.2, 0.25) is 0 Å². The molecule has 2 aromatic rings. The van der Waals surface area contributed by atoms with Crippen molar-refractivity contribution in [3.05, 3.63) is 41.2 Å². The highest BCUT2D eigenvalue weighted by molar-refractivity contribution is 5.79. The van der Waals surface area contributed by atoms with E-state index in [0.717, 1.165) is 41.7 Å². The van der Waals surface area contributed by atoms with Crippen molar-refractivity contribution in [2.75, 3.05) is 27.3 Å². The number of hydrogen-bond acceptors (Lipinski definition) is 4. The maximum absolute atomic E-state index is 5.92. The fourth-order valence-electron chi connectivity index (χ4n) is 3.45. The fourth-order valence-corrected chi connectivity index (χ4v) is 3.45. The van der Waals surface area contributed by atoms with Gasteiger partial charge in [-0.15, -0.1) is 0 Å². The highest BCUT2D eigenvalue weighted by Crippen LogP contribution is 2.33. The molecule has 2 heterocycles. The van der Waals surface area contributed by atoms with Crippen molar-refractivity contribution in [2.45, 2.75) is 39.3 Å². The lowest BCUT2D eigenvalue weighted by molar-refractivity contribution is 0.296. The lowest BCUT2D eigenvalue weighted by Crippen LogP contribution is -2.38. The van der Waals surface area contributed by atoms with E-state index in [-0.39, 0.29) is 0 Å². The molecule has 28 heavy (non-hydrogen) atoms. The summed E-state index contributed by atoms with van der Waals surface area (Å²) in [6.07, 6.45) is 2.98. The molecule has 1 aliphatic rings. The number of aliphatic imine (C=N–C) groups is 1. The monoisotopic (exact) mass is 385 g/mol. The van der Waals surface area contributed by atoms with E-state index in [4.69, 9.17) is 9.47 Å². The summed E-state index contributed by atoms with van der Waals surface area (Å²) in [7, 11) is 5.81. The maximum Gasteiger partial charge on any atom is 0.193 e. The minimum Gasteiger partial charge on any atom is -0.490 e. The molecule has 0 saturated heterocycles. The topological polar surface area (TPSA) is 63.9 Å². The van der Waals surface area contributed by atoms with Crippen LogP contribution in [-0.4, -0.2) is 47.9 Å². The number of guanidine groups is 1. The maximum atomic E-state index is 5.92. The number of aromatic nitrogens is 2. The molecule has 0 spiro atoms. The van der Waals surface area contributed by atoms with Crippen LogP contribution in [0, 0.1) is 0 Å². The number of rotatable bonds is 5. The predicted octanol–water partition coefficient (Wildman–Crippen LogP) is 2.91. The molecule has 0 unspecified atom stereocenters. The van der Waals surface area contributed by atoms with E-state index in [1.807, 2.05) is 30.9 Å². The van der Waals surface area contributed by atoms with E-state index in [1.54, 1.807) is 7.05 Å². The van der Waals surface area contributed by atoms with Crippen molar-refractivity contribution in [1.29, 1.82) is 0 Å². The molecule has 1 N–H and O–H groups in total. The van der Waals surface area contributed by atoms with Crippen molar-refractivity contribution >= 4 is 5.96 Å². The number of benzene rings is 1. The molecule has 0 saturated carbocycles. The molecule has 0 bridgehead atoms. The summed E-state index contributed by atoms with van der Waals surface area (Å²) in [4.78, 5) is 6.56. The summed E-state index contributed by atoms with van der Waals surface area (Å²) < 4.78 is 13.6. The average molecular weight is 386 g/mol. The molecule has 152 valence electrons. The first-order chi connectivity index (χ1) is 13.5. The van der Waals surface area contributed by atoms with Gasteiger partial charge in [-0.25, -0.2) is 0 Å². The zero-order valence-corrected chi connectivity index (χ0v) is 17.5. The number of ether oxygens (including phenoxy) is 2. The smallest absolute Gasteiger partial charge is 0.193 e. The van der Waals surface area contributed by atoms with Crippen LogP contribution < -0.4 is 14.8 Å². The number of hydrogen-bond donors (Lipinski definition) is 1. The van der Waals surface area contributed by atoms with Crippen LogP contribution in [0.1, 0.15) is 43.0 Å². The highest BCUT2D eigenvalue weighted by Gasteiger charge is 2.17. The van der Waals surface area contributed by atoms with Gasteiger partial charge < -0.3 is 19.7 Å². The summed E-state index contributed by atoms with van der Waals surface area (Å²) in [5, 5.41) is 8.04. The average Bonchev–Trinajstić information content (AvgIpc) is 2.88. The zero-order chi connectivity index (χ0) is 20.1. The minimum absolute atomic E-state index is 0.386. The molecule has 0 aliphatic carbocycles.